The van der Waals surface area contributed by atoms with E-state index in [-0.39, 0.29) is 12.5 Å². The molecular weight excluding hydrogens is 244 g/mol. The highest BCUT2D eigenvalue weighted by molar-refractivity contribution is 5.98. The van der Waals surface area contributed by atoms with Gasteiger partial charge in [0.15, 0.2) is 6.61 Å². The van der Waals surface area contributed by atoms with Gasteiger partial charge in [-0.25, -0.2) is 0 Å². The summed E-state index contributed by atoms with van der Waals surface area (Å²) in [4.78, 5) is 13.6. The van der Waals surface area contributed by atoms with Crippen molar-refractivity contribution in [2.24, 2.45) is 5.92 Å². The van der Waals surface area contributed by atoms with Crippen molar-refractivity contribution in [3.8, 4) is 5.75 Å². The van der Waals surface area contributed by atoms with Gasteiger partial charge in [-0.3, -0.25) is 4.79 Å². The highest BCUT2D eigenvalue weighted by Crippen LogP contribution is 2.33. The summed E-state index contributed by atoms with van der Waals surface area (Å²) < 4.78 is 10.9. The highest BCUT2D eigenvalue weighted by Gasteiger charge is 2.25. The molecule has 0 saturated heterocycles. The third kappa shape index (κ3) is 3.38. The van der Waals surface area contributed by atoms with E-state index in [9.17, 15) is 4.79 Å². The van der Waals surface area contributed by atoms with Crippen molar-refractivity contribution in [2.75, 3.05) is 37.0 Å². The predicted molar refractivity (Wildman–Crippen MR) is 74.4 cm³/mol. The molecule has 1 aromatic rings. The van der Waals surface area contributed by atoms with Crippen molar-refractivity contribution in [3.05, 3.63) is 18.2 Å². The van der Waals surface area contributed by atoms with Crippen LogP contribution in [0.25, 0.3) is 0 Å². The zero-order chi connectivity index (χ0) is 13.8. The Morgan fingerprint density at radius 3 is 3.00 bits per heavy atom. The Bertz CT molecular complexity index is 460. The average Bonchev–Trinajstić information content (AvgIpc) is 2.36. The lowest BCUT2D eigenvalue weighted by Gasteiger charge is -2.29. The van der Waals surface area contributed by atoms with Gasteiger partial charge in [-0.05, 0) is 18.1 Å². The van der Waals surface area contributed by atoms with E-state index in [4.69, 9.17) is 15.2 Å². The van der Waals surface area contributed by atoms with Crippen LogP contribution >= 0.6 is 0 Å². The Kier molecular flexibility index (Phi) is 4.27. The summed E-state index contributed by atoms with van der Waals surface area (Å²) in [5.41, 5.74) is 7.10. The van der Waals surface area contributed by atoms with Crippen molar-refractivity contribution in [3.63, 3.8) is 0 Å². The second-order valence-corrected chi connectivity index (χ2v) is 5.03. The molecule has 1 heterocycles. The fourth-order valence-corrected chi connectivity index (χ4v) is 1.94. The molecule has 2 N–H and O–H groups in total. The molecule has 0 aliphatic carbocycles. The van der Waals surface area contributed by atoms with Gasteiger partial charge in [0.2, 0.25) is 0 Å². The Balaban J connectivity index is 2.02. The average molecular weight is 264 g/mol. The van der Waals surface area contributed by atoms with Gasteiger partial charge < -0.3 is 20.1 Å². The molecular formula is C14H20N2O3. The Morgan fingerprint density at radius 1 is 1.47 bits per heavy atom. The first kappa shape index (κ1) is 13.7. The number of nitrogens with zero attached hydrogens (tertiary/aromatic N) is 1. The van der Waals surface area contributed by atoms with E-state index in [1.165, 1.54) is 0 Å². The minimum atomic E-state index is -0.0505. The maximum absolute atomic E-state index is 11.9. The van der Waals surface area contributed by atoms with Gasteiger partial charge in [0.05, 0.1) is 12.3 Å². The number of rotatable bonds is 5. The number of hydrogen-bond donors (Lipinski definition) is 1. The van der Waals surface area contributed by atoms with Gasteiger partial charge in [0.1, 0.15) is 5.75 Å². The lowest BCUT2D eigenvalue weighted by atomic mass is 10.2. The molecule has 5 nitrogen and oxygen atoms in total. The third-order valence-electron chi connectivity index (χ3n) is 2.84. The van der Waals surface area contributed by atoms with Crippen LogP contribution in [0.2, 0.25) is 0 Å². The van der Waals surface area contributed by atoms with E-state index in [0.717, 1.165) is 5.69 Å². The highest BCUT2D eigenvalue weighted by atomic mass is 16.5. The summed E-state index contributed by atoms with van der Waals surface area (Å²) in [7, 11) is 0. The van der Waals surface area contributed by atoms with Gasteiger partial charge in [0, 0.05) is 24.9 Å². The van der Waals surface area contributed by atoms with Crippen LogP contribution in [0.4, 0.5) is 11.4 Å². The molecule has 5 heteroatoms. The quantitative estimate of drug-likeness (QED) is 0.649. The maximum atomic E-state index is 11.9. The lowest BCUT2D eigenvalue weighted by molar-refractivity contribution is -0.121. The Hall–Kier alpha value is -1.75. The van der Waals surface area contributed by atoms with E-state index in [1.807, 2.05) is 6.07 Å². The second kappa shape index (κ2) is 5.93. The number of anilines is 2. The summed E-state index contributed by atoms with van der Waals surface area (Å²) in [6.07, 6.45) is 0. The van der Waals surface area contributed by atoms with E-state index in [1.54, 1.807) is 17.0 Å². The summed E-state index contributed by atoms with van der Waals surface area (Å²) in [6, 6.07) is 5.32. The van der Waals surface area contributed by atoms with E-state index >= 15 is 0 Å². The lowest BCUT2D eigenvalue weighted by Crippen LogP contribution is -2.40. The molecule has 0 aromatic heterocycles. The van der Waals surface area contributed by atoms with Crippen molar-refractivity contribution in [2.45, 2.75) is 13.8 Å². The molecule has 0 spiro atoms. The number of fused-ring (bicyclic) bond motifs is 1. The van der Waals surface area contributed by atoms with Crippen LogP contribution in [0.3, 0.4) is 0 Å². The number of hydrogen-bond acceptors (Lipinski definition) is 4. The molecule has 0 saturated carbocycles. The second-order valence-electron chi connectivity index (χ2n) is 5.03. The minimum Gasteiger partial charge on any atom is -0.481 e. The zero-order valence-electron chi connectivity index (χ0n) is 11.4. The molecule has 104 valence electrons. The van der Waals surface area contributed by atoms with Crippen molar-refractivity contribution in [1.82, 2.24) is 0 Å². The predicted octanol–water partition coefficient (Wildman–Crippen LogP) is 1.67. The number of nitrogens with two attached hydrogens (primary N) is 1. The van der Waals surface area contributed by atoms with Crippen LogP contribution in [0, 0.1) is 5.92 Å². The normalized spacial score (nSPS) is 14.5. The Labute approximate surface area is 113 Å². The van der Waals surface area contributed by atoms with Crippen LogP contribution in [-0.2, 0) is 9.53 Å². The van der Waals surface area contributed by atoms with Gasteiger partial charge in [-0.2, -0.15) is 0 Å². The number of ether oxygens (including phenoxy) is 2. The molecule has 1 aliphatic heterocycles. The smallest absolute Gasteiger partial charge is 0.265 e. The number of carbonyl (C=O) groups is 1. The SMILES string of the molecule is CC(C)COCCN1C(=O)COc2cc(N)ccc21. The topological polar surface area (TPSA) is 64.8 Å². The van der Waals surface area contributed by atoms with Crippen LogP contribution < -0.4 is 15.4 Å². The Morgan fingerprint density at radius 2 is 2.26 bits per heavy atom. The largest absolute Gasteiger partial charge is 0.481 e. The fourth-order valence-electron chi connectivity index (χ4n) is 1.94. The van der Waals surface area contributed by atoms with Gasteiger partial charge in [-0.15, -0.1) is 0 Å². The van der Waals surface area contributed by atoms with E-state index < -0.39 is 0 Å². The van der Waals surface area contributed by atoms with Gasteiger partial charge in [-0.1, -0.05) is 13.8 Å². The molecule has 0 unspecified atom stereocenters. The standard InChI is InChI=1S/C14H20N2O3/c1-10(2)8-18-6-5-16-12-4-3-11(15)7-13(12)19-9-14(16)17/h3-4,7,10H,5-6,8-9,15H2,1-2H3. The summed E-state index contributed by atoms with van der Waals surface area (Å²) in [5, 5.41) is 0. The molecule has 2 rings (SSSR count). The summed E-state index contributed by atoms with van der Waals surface area (Å²) >= 11 is 0. The van der Waals surface area contributed by atoms with Gasteiger partial charge in [0.25, 0.3) is 5.91 Å². The molecule has 0 bridgehead atoms. The van der Waals surface area contributed by atoms with Crippen molar-refractivity contribution < 1.29 is 14.3 Å². The molecule has 1 amide bonds. The van der Waals surface area contributed by atoms with Crippen LogP contribution in [0.1, 0.15) is 13.8 Å². The zero-order valence-corrected chi connectivity index (χ0v) is 11.4. The number of carbonyl (C=O) groups excluding carboxylic acids is 1. The van der Waals surface area contributed by atoms with Crippen LogP contribution in [0.15, 0.2) is 18.2 Å². The van der Waals surface area contributed by atoms with E-state index in [0.29, 0.717) is 37.1 Å². The molecule has 0 fully saturated rings. The minimum absolute atomic E-state index is 0.0505. The van der Waals surface area contributed by atoms with Crippen molar-refractivity contribution >= 4 is 17.3 Å². The molecule has 0 radical (unpaired) electrons. The number of amides is 1. The van der Waals surface area contributed by atoms with Crippen LogP contribution in [0.5, 0.6) is 5.75 Å². The number of benzene rings is 1. The third-order valence-corrected chi connectivity index (χ3v) is 2.84. The first-order valence-corrected chi connectivity index (χ1v) is 6.48. The molecule has 0 atom stereocenters. The number of nitrogen functional groups attached to an aromatic ring is 1. The monoisotopic (exact) mass is 264 g/mol. The maximum Gasteiger partial charge on any atom is 0.265 e. The van der Waals surface area contributed by atoms with E-state index in [2.05, 4.69) is 13.8 Å². The van der Waals surface area contributed by atoms with Gasteiger partial charge >= 0.3 is 0 Å². The first-order valence-electron chi connectivity index (χ1n) is 6.48. The fraction of sp³-hybridized carbons (Fsp3) is 0.500. The van der Waals surface area contributed by atoms with Crippen molar-refractivity contribution in [1.29, 1.82) is 0 Å². The van der Waals surface area contributed by atoms with Crippen LogP contribution in [-0.4, -0.2) is 32.3 Å². The first-order chi connectivity index (χ1) is 9.08. The summed E-state index contributed by atoms with van der Waals surface area (Å²) in [5.74, 6) is 1.10. The molecule has 1 aromatic carbocycles. The molecule has 19 heavy (non-hydrogen) atoms. The molecule has 1 aliphatic rings. The summed E-state index contributed by atoms with van der Waals surface area (Å²) in [6.45, 7) is 6.00.